The van der Waals surface area contributed by atoms with Crippen molar-refractivity contribution in [2.24, 2.45) is 5.92 Å². The molecule has 0 fully saturated rings. The van der Waals surface area contributed by atoms with Crippen molar-refractivity contribution in [1.82, 2.24) is 5.32 Å². The van der Waals surface area contributed by atoms with Crippen molar-refractivity contribution in [2.45, 2.75) is 40.3 Å². The molecule has 0 aliphatic rings. The third-order valence-electron chi connectivity index (χ3n) is 3.10. The molecule has 0 saturated carbocycles. The fourth-order valence-corrected chi connectivity index (χ4v) is 1.48. The molecule has 1 rings (SSSR count). The number of benzene rings is 1. The number of nitro benzene ring substituents is 1. The molecule has 0 aliphatic heterocycles. The summed E-state index contributed by atoms with van der Waals surface area (Å²) in [5, 5.41) is 14.2. The topological polar surface area (TPSA) is 55.2 Å². The van der Waals surface area contributed by atoms with Gasteiger partial charge in [-0.1, -0.05) is 26.0 Å². The Kier molecular flexibility index (Phi) is 4.63. The minimum Gasteiger partial charge on any atom is -0.310 e. The maximum absolute atomic E-state index is 10.8. The Morgan fingerprint density at radius 2 is 2.00 bits per heavy atom. The van der Waals surface area contributed by atoms with Crippen LogP contribution in [-0.4, -0.2) is 11.0 Å². The van der Waals surface area contributed by atoms with Crippen molar-refractivity contribution in [3.8, 4) is 0 Å². The standard InChI is InChI=1S/C13H20N2O2/c1-9(2)11(4)14-8-12-6-5-10(3)13(7-12)15(16)17/h5-7,9,11,14H,8H2,1-4H3. The molecule has 1 aromatic rings. The van der Waals surface area contributed by atoms with E-state index in [1.54, 1.807) is 19.1 Å². The summed E-state index contributed by atoms with van der Waals surface area (Å²) in [6, 6.07) is 5.78. The molecule has 1 N–H and O–H groups in total. The fraction of sp³-hybridized carbons (Fsp3) is 0.538. The van der Waals surface area contributed by atoms with Crippen LogP contribution in [0.4, 0.5) is 5.69 Å². The first-order valence-corrected chi connectivity index (χ1v) is 5.89. The lowest BCUT2D eigenvalue weighted by Gasteiger charge is -2.17. The van der Waals surface area contributed by atoms with E-state index in [0.717, 1.165) is 5.56 Å². The number of hydrogen-bond donors (Lipinski definition) is 1. The number of hydrogen-bond acceptors (Lipinski definition) is 3. The van der Waals surface area contributed by atoms with E-state index in [9.17, 15) is 10.1 Å². The summed E-state index contributed by atoms with van der Waals surface area (Å²) in [4.78, 5) is 10.5. The molecule has 0 heterocycles. The second-order valence-corrected chi connectivity index (χ2v) is 4.79. The van der Waals surface area contributed by atoms with E-state index < -0.39 is 0 Å². The highest BCUT2D eigenvalue weighted by Crippen LogP contribution is 2.19. The van der Waals surface area contributed by atoms with Gasteiger partial charge >= 0.3 is 0 Å². The van der Waals surface area contributed by atoms with Crippen LogP contribution >= 0.6 is 0 Å². The third kappa shape index (κ3) is 3.82. The fourth-order valence-electron chi connectivity index (χ4n) is 1.48. The molecule has 0 bridgehead atoms. The van der Waals surface area contributed by atoms with E-state index in [1.807, 2.05) is 6.07 Å². The van der Waals surface area contributed by atoms with Crippen LogP contribution in [-0.2, 0) is 6.54 Å². The van der Waals surface area contributed by atoms with Gasteiger partial charge in [0.25, 0.3) is 5.69 Å². The first-order chi connectivity index (χ1) is 7.91. The second kappa shape index (κ2) is 5.77. The highest BCUT2D eigenvalue weighted by Gasteiger charge is 2.12. The Morgan fingerprint density at radius 1 is 1.35 bits per heavy atom. The van der Waals surface area contributed by atoms with Crippen LogP contribution in [0.1, 0.15) is 31.9 Å². The van der Waals surface area contributed by atoms with E-state index in [2.05, 4.69) is 26.1 Å². The highest BCUT2D eigenvalue weighted by atomic mass is 16.6. The molecule has 0 aliphatic carbocycles. The molecule has 94 valence electrons. The van der Waals surface area contributed by atoms with Gasteiger partial charge in [0.05, 0.1) is 4.92 Å². The van der Waals surface area contributed by atoms with Crippen LogP contribution < -0.4 is 5.32 Å². The predicted molar refractivity (Wildman–Crippen MR) is 69.0 cm³/mol. The maximum atomic E-state index is 10.8. The lowest BCUT2D eigenvalue weighted by Crippen LogP contribution is -2.30. The summed E-state index contributed by atoms with van der Waals surface area (Å²) in [5.41, 5.74) is 1.85. The molecule has 1 unspecified atom stereocenters. The van der Waals surface area contributed by atoms with Gasteiger partial charge in [-0.15, -0.1) is 0 Å². The molecule has 0 saturated heterocycles. The average molecular weight is 236 g/mol. The summed E-state index contributed by atoms with van der Waals surface area (Å²) in [6.07, 6.45) is 0. The van der Waals surface area contributed by atoms with E-state index in [-0.39, 0.29) is 10.6 Å². The van der Waals surface area contributed by atoms with Gasteiger partial charge in [0.1, 0.15) is 0 Å². The van der Waals surface area contributed by atoms with Crippen LogP contribution in [0, 0.1) is 23.0 Å². The molecule has 1 atom stereocenters. The molecule has 1 aromatic carbocycles. The van der Waals surface area contributed by atoms with Crippen molar-refractivity contribution in [1.29, 1.82) is 0 Å². The molecular formula is C13H20N2O2. The van der Waals surface area contributed by atoms with Crippen molar-refractivity contribution in [3.63, 3.8) is 0 Å². The molecule has 17 heavy (non-hydrogen) atoms. The molecule has 4 heteroatoms. The average Bonchev–Trinajstić information content (AvgIpc) is 2.26. The zero-order valence-electron chi connectivity index (χ0n) is 10.9. The minimum absolute atomic E-state index is 0.196. The lowest BCUT2D eigenvalue weighted by molar-refractivity contribution is -0.385. The number of nitro groups is 1. The van der Waals surface area contributed by atoms with Crippen LogP contribution in [0.25, 0.3) is 0 Å². The Morgan fingerprint density at radius 3 is 2.53 bits per heavy atom. The lowest BCUT2D eigenvalue weighted by atomic mass is 10.1. The van der Waals surface area contributed by atoms with Crippen LogP contribution in [0.3, 0.4) is 0 Å². The van der Waals surface area contributed by atoms with Gasteiger partial charge < -0.3 is 5.32 Å². The normalized spacial score (nSPS) is 12.8. The van der Waals surface area contributed by atoms with Gasteiger partial charge in [-0.05, 0) is 25.3 Å². The summed E-state index contributed by atoms with van der Waals surface area (Å²) >= 11 is 0. The van der Waals surface area contributed by atoms with E-state index in [0.29, 0.717) is 24.1 Å². The number of aryl methyl sites for hydroxylation is 1. The van der Waals surface area contributed by atoms with Crippen LogP contribution in [0.5, 0.6) is 0 Å². The zero-order chi connectivity index (χ0) is 13.0. The van der Waals surface area contributed by atoms with Gasteiger partial charge in [0, 0.05) is 24.2 Å². The van der Waals surface area contributed by atoms with Crippen molar-refractivity contribution in [3.05, 3.63) is 39.4 Å². The first-order valence-electron chi connectivity index (χ1n) is 5.89. The van der Waals surface area contributed by atoms with E-state index in [1.165, 1.54) is 0 Å². The molecule has 0 spiro atoms. The monoisotopic (exact) mass is 236 g/mol. The minimum atomic E-state index is -0.329. The van der Waals surface area contributed by atoms with Gasteiger partial charge in [-0.25, -0.2) is 0 Å². The second-order valence-electron chi connectivity index (χ2n) is 4.79. The molecule has 0 radical (unpaired) electrons. The smallest absolute Gasteiger partial charge is 0.272 e. The SMILES string of the molecule is Cc1ccc(CNC(C)C(C)C)cc1[N+](=O)[O-]. The largest absolute Gasteiger partial charge is 0.310 e. The van der Waals surface area contributed by atoms with Crippen LogP contribution in [0.2, 0.25) is 0 Å². The number of nitrogens with zero attached hydrogens (tertiary/aromatic N) is 1. The highest BCUT2D eigenvalue weighted by molar-refractivity contribution is 5.42. The zero-order valence-corrected chi connectivity index (χ0v) is 10.9. The van der Waals surface area contributed by atoms with E-state index in [4.69, 9.17) is 0 Å². The Balaban J connectivity index is 2.73. The summed E-state index contributed by atoms with van der Waals surface area (Å²) < 4.78 is 0. The predicted octanol–water partition coefficient (Wildman–Crippen LogP) is 3.04. The maximum Gasteiger partial charge on any atom is 0.272 e. The number of rotatable bonds is 5. The Hall–Kier alpha value is -1.42. The summed E-state index contributed by atoms with van der Waals surface area (Å²) in [6.45, 7) is 8.84. The van der Waals surface area contributed by atoms with Crippen molar-refractivity contribution in [2.75, 3.05) is 0 Å². The van der Waals surface area contributed by atoms with Crippen LogP contribution in [0.15, 0.2) is 18.2 Å². The van der Waals surface area contributed by atoms with Crippen molar-refractivity contribution < 1.29 is 4.92 Å². The number of nitrogens with one attached hydrogen (secondary N) is 1. The Labute approximate surface area is 102 Å². The summed E-state index contributed by atoms with van der Waals surface area (Å²) in [7, 11) is 0. The molecule has 0 aromatic heterocycles. The molecular weight excluding hydrogens is 216 g/mol. The van der Waals surface area contributed by atoms with Crippen molar-refractivity contribution >= 4 is 5.69 Å². The first kappa shape index (κ1) is 13.6. The van der Waals surface area contributed by atoms with Gasteiger partial charge in [-0.2, -0.15) is 0 Å². The quantitative estimate of drug-likeness (QED) is 0.631. The summed E-state index contributed by atoms with van der Waals surface area (Å²) in [5.74, 6) is 0.551. The molecule has 0 amide bonds. The van der Waals surface area contributed by atoms with Gasteiger partial charge in [-0.3, -0.25) is 10.1 Å². The van der Waals surface area contributed by atoms with E-state index >= 15 is 0 Å². The third-order valence-corrected chi connectivity index (χ3v) is 3.10. The Bertz CT molecular complexity index is 402. The molecule has 4 nitrogen and oxygen atoms in total. The van der Waals surface area contributed by atoms with Gasteiger partial charge in [0.15, 0.2) is 0 Å². The van der Waals surface area contributed by atoms with Gasteiger partial charge in [0.2, 0.25) is 0 Å².